The molecule has 2 aromatic rings. The maximum Gasteiger partial charge on any atom is 0.251 e. The minimum atomic E-state index is -0.392. The summed E-state index contributed by atoms with van der Waals surface area (Å²) in [5.74, 6) is -0.659. The third kappa shape index (κ3) is 3.90. The van der Waals surface area contributed by atoms with Crippen molar-refractivity contribution in [1.29, 1.82) is 0 Å². The fourth-order valence-electron chi connectivity index (χ4n) is 1.97. The van der Waals surface area contributed by atoms with Gasteiger partial charge in [-0.2, -0.15) is 0 Å². The van der Waals surface area contributed by atoms with Crippen molar-refractivity contribution in [2.24, 2.45) is 0 Å². The molecule has 0 aliphatic rings. The van der Waals surface area contributed by atoms with Gasteiger partial charge in [0.2, 0.25) is 0 Å². The lowest BCUT2D eigenvalue weighted by Gasteiger charge is -2.07. The van der Waals surface area contributed by atoms with Gasteiger partial charge in [-0.25, -0.2) is 4.39 Å². The minimum Gasteiger partial charge on any atom is -0.348 e. The summed E-state index contributed by atoms with van der Waals surface area (Å²) >= 11 is 3.40. The molecule has 0 heterocycles. The van der Waals surface area contributed by atoms with E-state index in [1.165, 1.54) is 12.1 Å². The molecule has 0 saturated heterocycles. The van der Waals surface area contributed by atoms with Gasteiger partial charge in [0, 0.05) is 17.4 Å². The van der Waals surface area contributed by atoms with Crippen molar-refractivity contribution in [2.45, 2.75) is 18.8 Å². The maximum absolute atomic E-state index is 13.3. The van der Waals surface area contributed by atoms with Crippen molar-refractivity contribution in [2.75, 3.05) is 0 Å². The van der Waals surface area contributed by atoms with Gasteiger partial charge in [-0.3, -0.25) is 4.79 Å². The molecule has 0 aliphatic carbocycles. The van der Waals surface area contributed by atoms with E-state index in [4.69, 9.17) is 0 Å². The summed E-state index contributed by atoms with van der Waals surface area (Å²) in [7, 11) is 0. The van der Waals surface area contributed by atoms with Crippen LogP contribution in [0.1, 0.15) is 27.0 Å². The fourth-order valence-corrected chi connectivity index (χ4v) is 2.32. The average molecular weight is 336 g/mol. The summed E-state index contributed by atoms with van der Waals surface area (Å²) in [5, 5.41) is 3.58. The number of carbonyl (C=O) groups excluding carboxylic acids is 1. The zero-order valence-electron chi connectivity index (χ0n) is 11.1. The first-order valence-electron chi connectivity index (χ1n) is 6.27. The lowest BCUT2D eigenvalue weighted by Crippen LogP contribution is -2.23. The average Bonchev–Trinajstić information content (AvgIpc) is 2.44. The topological polar surface area (TPSA) is 29.1 Å². The molecule has 0 bridgehead atoms. The van der Waals surface area contributed by atoms with Gasteiger partial charge in [0.05, 0.1) is 0 Å². The van der Waals surface area contributed by atoms with Crippen molar-refractivity contribution in [3.8, 4) is 0 Å². The third-order valence-corrected chi connectivity index (χ3v) is 3.55. The van der Waals surface area contributed by atoms with E-state index in [1.807, 2.05) is 24.3 Å². The SMILES string of the molecule is Cc1cc(F)cc(C(=O)NCc2cccc(CBr)c2)c1. The predicted molar refractivity (Wildman–Crippen MR) is 81.4 cm³/mol. The Morgan fingerprint density at radius 3 is 2.65 bits per heavy atom. The van der Waals surface area contributed by atoms with Gasteiger partial charge in [0.25, 0.3) is 5.91 Å². The Kier molecular flexibility index (Phi) is 4.90. The van der Waals surface area contributed by atoms with Crippen molar-refractivity contribution >= 4 is 21.8 Å². The van der Waals surface area contributed by atoms with Crippen LogP contribution in [0.2, 0.25) is 0 Å². The number of aryl methyl sites for hydroxylation is 1. The molecule has 0 aliphatic heterocycles. The largest absolute Gasteiger partial charge is 0.348 e. The van der Waals surface area contributed by atoms with E-state index in [2.05, 4.69) is 21.2 Å². The monoisotopic (exact) mass is 335 g/mol. The predicted octanol–water partition coefficient (Wildman–Crippen LogP) is 3.96. The Labute approximate surface area is 126 Å². The standard InChI is InChI=1S/C16H15BrFNO/c1-11-5-14(8-15(18)6-11)16(20)19-10-13-4-2-3-12(7-13)9-17/h2-8H,9-10H2,1H3,(H,19,20). The van der Waals surface area contributed by atoms with E-state index < -0.39 is 5.82 Å². The van der Waals surface area contributed by atoms with Crippen LogP contribution in [-0.2, 0) is 11.9 Å². The minimum absolute atomic E-state index is 0.267. The first-order valence-corrected chi connectivity index (χ1v) is 7.40. The molecule has 2 aromatic carbocycles. The highest BCUT2D eigenvalue weighted by Gasteiger charge is 2.07. The highest BCUT2D eigenvalue weighted by atomic mass is 79.9. The Morgan fingerprint density at radius 1 is 1.20 bits per heavy atom. The highest BCUT2D eigenvalue weighted by Crippen LogP contribution is 2.10. The number of alkyl halides is 1. The van der Waals surface area contributed by atoms with Crippen molar-refractivity contribution < 1.29 is 9.18 Å². The number of amides is 1. The lowest BCUT2D eigenvalue weighted by atomic mass is 10.1. The summed E-state index contributed by atoms with van der Waals surface area (Å²) in [5.41, 5.74) is 3.25. The second kappa shape index (κ2) is 6.66. The molecule has 0 unspecified atom stereocenters. The van der Waals surface area contributed by atoms with E-state index in [-0.39, 0.29) is 5.91 Å². The van der Waals surface area contributed by atoms with Gasteiger partial charge >= 0.3 is 0 Å². The number of hydrogen-bond donors (Lipinski definition) is 1. The normalized spacial score (nSPS) is 10.3. The summed E-state index contributed by atoms with van der Waals surface area (Å²) < 4.78 is 13.3. The van der Waals surface area contributed by atoms with Crippen molar-refractivity contribution in [3.63, 3.8) is 0 Å². The first-order chi connectivity index (χ1) is 9.58. The van der Waals surface area contributed by atoms with Gasteiger partial charge in [-0.1, -0.05) is 40.2 Å². The molecule has 0 spiro atoms. The van der Waals surface area contributed by atoms with E-state index >= 15 is 0 Å². The smallest absolute Gasteiger partial charge is 0.251 e. The molecule has 104 valence electrons. The van der Waals surface area contributed by atoms with Crippen LogP contribution in [0.25, 0.3) is 0 Å². The summed E-state index contributed by atoms with van der Waals surface area (Å²) in [6.45, 7) is 2.19. The molecule has 0 aromatic heterocycles. The van der Waals surface area contributed by atoms with Crippen LogP contribution in [0.4, 0.5) is 4.39 Å². The molecule has 1 N–H and O–H groups in total. The lowest BCUT2D eigenvalue weighted by molar-refractivity contribution is 0.0950. The van der Waals surface area contributed by atoms with Crippen LogP contribution < -0.4 is 5.32 Å². The number of benzene rings is 2. The number of halogens is 2. The Balaban J connectivity index is 2.04. The number of nitrogens with one attached hydrogen (secondary N) is 1. The van der Waals surface area contributed by atoms with Gasteiger partial charge in [0.1, 0.15) is 5.82 Å². The zero-order chi connectivity index (χ0) is 14.5. The van der Waals surface area contributed by atoms with Crippen molar-refractivity contribution in [1.82, 2.24) is 5.32 Å². The summed E-state index contributed by atoms with van der Waals surface area (Å²) in [6, 6.07) is 12.2. The van der Waals surface area contributed by atoms with Crippen LogP contribution >= 0.6 is 15.9 Å². The highest BCUT2D eigenvalue weighted by molar-refractivity contribution is 9.08. The van der Waals surface area contributed by atoms with Gasteiger partial charge in [0.15, 0.2) is 0 Å². The molecule has 0 fully saturated rings. The second-order valence-electron chi connectivity index (χ2n) is 4.65. The molecule has 20 heavy (non-hydrogen) atoms. The van der Waals surface area contributed by atoms with Crippen LogP contribution in [0, 0.1) is 12.7 Å². The van der Waals surface area contributed by atoms with E-state index in [1.54, 1.807) is 13.0 Å². The van der Waals surface area contributed by atoms with Gasteiger partial charge in [-0.05, 0) is 41.8 Å². The van der Waals surface area contributed by atoms with E-state index in [0.29, 0.717) is 12.1 Å². The fraction of sp³-hybridized carbons (Fsp3) is 0.188. The first kappa shape index (κ1) is 14.7. The summed E-state index contributed by atoms with van der Waals surface area (Å²) in [4.78, 5) is 12.0. The van der Waals surface area contributed by atoms with Crippen molar-refractivity contribution in [3.05, 3.63) is 70.5 Å². The van der Waals surface area contributed by atoms with Gasteiger partial charge < -0.3 is 5.32 Å². The van der Waals surface area contributed by atoms with Crippen LogP contribution in [-0.4, -0.2) is 5.91 Å². The van der Waals surface area contributed by atoms with E-state index in [0.717, 1.165) is 22.0 Å². The molecule has 2 nitrogen and oxygen atoms in total. The molecule has 1 amide bonds. The van der Waals surface area contributed by atoms with Crippen LogP contribution in [0.3, 0.4) is 0 Å². The van der Waals surface area contributed by atoms with Crippen LogP contribution in [0.15, 0.2) is 42.5 Å². The Hall–Kier alpha value is -1.68. The maximum atomic E-state index is 13.3. The molecule has 0 radical (unpaired) electrons. The number of carbonyl (C=O) groups is 1. The Morgan fingerprint density at radius 2 is 1.95 bits per heavy atom. The number of hydrogen-bond acceptors (Lipinski definition) is 1. The summed E-state index contributed by atoms with van der Waals surface area (Å²) in [6.07, 6.45) is 0. The number of rotatable bonds is 4. The Bertz CT molecular complexity index is 607. The second-order valence-corrected chi connectivity index (χ2v) is 5.21. The third-order valence-electron chi connectivity index (χ3n) is 2.90. The van der Waals surface area contributed by atoms with Crippen LogP contribution in [0.5, 0.6) is 0 Å². The molecule has 0 saturated carbocycles. The van der Waals surface area contributed by atoms with Gasteiger partial charge in [-0.15, -0.1) is 0 Å². The van der Waals surface area contributed by atoms with E-state index in [9.17, 15) is 9.18 Å². The molecular formula is C16H15BrFNO. The molecule has 4 heteroatoms. The molecular weight excluding hydrogens is 321 g/mol. The zero-order valence-corrected chi connectivity index (χ0v) is 12.7. The molecule has 0 atom stereocenters. The quantitative estimate of drug-likeness (QED) is 0.842. The molecule has 2 rings (SSSR count).